The summed E-state index contributed by atoms with van der Waals surface area (Å²) < 4.78 is 0. The molecule has 3 heterocycles. The van der Waals surface area contributed by atoms with Gasteiger partial charge in [0.2, 0.25) is 0 Å². The van der Waals surface area contributed by atoms with E-state index in [1.165, 1.54) is 12.0 Å². The molecule has 2 atom stereocenters. The fourth-order valence-corrected chi connectivity index (χ4v) is 4.16. The lowest BCUT2D eigenvalue weighted by molar-refractivity contribution is 0.208. The topological polar surface area (TPSA) is 47.0 Å². The van der Waals surface area contributed by atoms with Crippen molar-refractivity contribution in [3.8, 4) is 0 Å². The monoisotopic (exact) mass is 500 g/mol. The minimum absolute atomic E-state index is 0. The van der Waals surface area contributed by atoms with E-state index in [0.29, 0.717) is 6.54 Å². The number of piperidine rings is 1. The summed E-state index contributed by atoms with van der Waals surface area (Å²) in [4.78, 5) is 16.8. The Hall–Kier alpha value is -1.09. The predicted molar refractivity (Wildman–Crippen MR) is 129 cm³/mol. The average Bonchev–Trinajstić information content (AvgIpc) is 2.65. The number of hydrogen-bond acceptors (Lipinski definition) is 4. The number of anilines is 1. The molecule has 6 nitrogen and oxygen atoms in total. The van der Waals surface area contributed by atoms with Crippen LogP contribution in [0.5, 0.6) is 0 Å². The number of hydrogen-bond donors (Lipinski definition) is 1. The van der Waals surface area contributed by atoms with E-state index in [2.05, 4.69) is 60.0 Å². The maximum absolute atomic E-state index is 4.90. The molecule has 0 aliphatic carbocycles. The third-order valence-corrected chi connectivity index (χ3v) is 5.55. The van der Waals surface area contributed by atoms with E-state index in [4.69, 9.17) is 9.98 Å². The number of halogens is 1. The number of nitrogens with one attached hydrogen (secondary N) is 1. The molecule has 158 valence electrons. The van der Waals surface area contributed by atoms with Crippen molar-refractivity contribution in [1.82, 2.24) is 20.1 Å². The minimum atomic E-state index is 0. The van der Waals surface area contributed by atoms with E-state index in [9.17, 15) is 0 Å². The quantitative estimate of drug-likeness (QED) is 0.392. The highest BCUT2D eigenvalue weighted by Crippen LogP contribution is 2.21. The molecule has 0 saturated carbocycles. The molecule has 0 bridgehead atoms. The summed E-state index contributed by atoms with van der Waals surface area (Å²) in [6.07, 6.45) is 3.30. The van der Waals surface area contributed by atoms with Crippen molar-refractivity contribution in [3.63, 3.8) is 0 Å². The summed E-state index contributed by atoms with van der Waals surface area (Å²) in [5.74, 6) is 3.57. The highest BCUT2D eigenvalue weighted by Gasteiger charge is 2.24. The van der Waals surface area contributed by atoms with E-state index in [0.717, 1.165) is 69.4 Å². The molecule has 0 radical (unpaired) electrons. The SMILES string of the molecule is CCNC(=NCc1ccc(N2CCN(C)CC2)nc1)N1CC(C)CC(C)C1.I. The van der Waals surface area contributed by atoms with E-state index in [-0.39, 0.29) is 24.0 Å². The molecule has 2 aliphatic heterocycles. The number of aromatic nitrogens is 1. The van der Waals surface area contributed by atoms with Gasteiger partial charge in [0.1, 0.15) is 5.82 Å². The fraction of sp³-hybridized carbons (Fsp3) is 0.714. The van der Waals surface area contributed by atoms with Crippen LogP contribution in [0, 0.1) is 11.8 Å². The summed E-state index contributed by atoms with van der Waals surface area (Å²) in [7, 11) is 2.18. The molecular weight excluding hydrogens is 463 g/mol. The van der Waals surface area contributed by atoms with Crippen molar-refractivity contribution in [2.24, 2.45) is 16.8 Å². The largest absolute Gasteiger partial charge is 0.357 e. The van der Waals surface area contributed by atoms with Crippen molar-refractivity contribution in [1.29, 1.82) is 0 Å². The van der Waals surface area contributed by atoms with Crippen molar-refractivity contribution in [2.75, 3.05) is 57.8 Å². The van der Waals surface area contributed by atoms with Gasteiger partial charge in [-0.15, -0.1) is 24.0 Å². The van der Waals surface area contributed by atoms with Gasteiger partial charge in [0.05, 0.1) is 6.54 Å². The first-order valence-corrected chi connectivity index (χ1v) is 10.5. The van der Waals surface area contributed by atoms with Gasteiger partial charge in [-0.25, -0.2) is 9.98 Å². The van der Waals surface area contributed by atoms with Crippen LogP contribution >= 0.6 is 24.0 Å². The van der Waals surface area contributed by atoms with Gasteiger partial charge >= 0.3 is 0 Å². The van der Waals surface area contributed by atoms with Crippen LogP contribution in [0.15, 0.2) is 23.3 Å². The minimum Gasteiger partial charge on any atom is -0.357 e. The smallest absolute Gasteiger partial charge is 0.194 e. The Morgan fingerprint density at radius 1 is 1.14 bits per heavy atom. The van der Waals surface area contributed by atoms with Gasteiger partial charge in [-0.2, -0.15) is 0 Å². The zero-order valence-electron chi connectivity index (χ0n) is 17.9. The fourth-order valence-electron chi connectivity index (χ4n) is 4.16. The standard InChI is InChI=1S/C21H36N6.HI/c1-5-22-21(27-15-17(2)12-18(3)16-27)24-14-19-6-7-20(23-13-19)26-10-8-25(4)9-11-26;/h6-7,13,17-18H,5,8-12,14-16H2,1-4H3,(H,22,24);1H. The molecule has 2 aliphatic rings. The second kappa shape index (κ2) is 11.2. The molecule has 0 spiro atoms. The molecule has 1 aromatic rings. The Bertz CT molecular complexity index is 602. The second-order valence-corrected chi connectivity index (χ2v) is 8.34. The number of likely N-dealkylation sites (N-methyl/N-ethyl adjacent to an activating group) is 1. The number of likely N-dealkylation sites (tertiary alicyclic amines) is 1. The predicted octanol–water partition coefficient (Wildman–Crippen LogP) is 2.89. The molecule has 1 aromatic heterocycles. The van der Waals surface area contributed by atoms with Crippen molar-refractivity contribution in [2.45, 2.75) is 33.7 Å². The van der Waals surface area contributed by atoms with Crippen LogP contribution in [-0.4, -0.2) is 73.6 Å². The number of guanidine groups is 1. The van der Waals surface area contributed by atoms with Crippen molar-refractivity contribution < 1.29 is 0 Å². The third kappa shape index (κ3) is 6.47. The molecule has 0 aromatic carbocycles. The highest BCUT2D eigenvalue weighted by molar-refractivity contribution is 14.0. The van der Waals surface area contributed by atoms with Crippen LogP contribution in [-0.2, 0) is 6.54 Å². The molecule has 7 heteroatoms. The van der Waals surface area contributed by atoms with Crippen LogP contribution in [0.1, 0.15) is 32.8 Å². The molecule has 1 N–H and O–H groups in total. The number of rotatable bonds is 4. The molecular formula is C21H37IN6. The van der Waals surface area contributed by atoms with Crippen LogP contribution < -0.4 is 10.2 Å². The lowest BCUT2D eigenvalue weighted by Gasteiger charge is -2.37. The Balaban J connectivity index is 0.00000280. The molecule has 2 unspecified atom stereocenters. The first-order chi connectivity index (χ1) is 13.0. The molecule has 2 saturated heterocycles. The maximum Gasteiger partial charge on any atom is 0.194 e. The van der Waals surface area contributed by atoms with Gasteiger partial charge in [-0.3, -0.25) is 0 Å². The Morgan fingerprint density at radius 2 is 1.82 bits per heavy atom. The molecule has 0 amide bonds. The summed E-state index contributed by atoms with van der Waals surface area (Å²) in [5.41, 5.74) is 1.17. The van der Waals surface area contributed by atoms with Gasteiger partial charge in [0.15, 0.2) is 5.96 Å². The van der Waals surface area contributed by atoms with Crippen LogP contribution in [0.3, 0.4) is 0 Å². The Morgan fingerprint density at radius 3 is 2.39 bits per heavy atom. The van der Waals surface area contributed by atoms with Crippen molar-refractivity contribution >= 4 is 35.8 Å². The number of piperazine rings is 1. The van der Waals surface area contributed by atoms with Crippen LogP contribution in [0.25, 0.3) is 0 Å². The van der Waals surface area contributed by atoms with Gasteiger partial charge in [-0.1, -0.05) is 19.9 Å². The zero-order valence-corrected chi connectivity index (χ0v) is 20.2. The normalized spacial score (nSPS) is 24.1. The second-order valence-electron chi connectivity index (χ2n) is 8.34. The van der Waals surface area contributed by atoms with E-state index in [1.807, 2.05) is 6.20 Å². The first kappa shape index (κ1) is 23.2. The third-order valence-electron chi connectivity index (χ3n) is 5.55. The summed E-state index contributed by atoms with van der Waals surface area (Å²) >= 11 is 0. The lowest BCUT2D eigenvalue weighted by atomic mass is 9.92. The van der Waals surface area contributed by atoms with Crippen molar-refractivity contribution in [3.05, 3.63) is 23.9 Å². The Kier molecular flexibility index (Phi) is 9.27. The summed E-state index contributed by atoms with van der Waals surface area (Å²) in [6.45, 7) is 14.9. The van der Waals surface area contributed by atoms with Gasteiger partial charge in [0.25, 0.3) is 0 Å². The van der Waals surface area contributed by atoms with Gasteiger partial charge in [0, 0.05) is 52.0 Å². The molecule has 2 fully saturated rings. The highest BCUT2D eigenvalue weighted by atomic mass is 127. The van der Waals surface area contributed by atoms with E-state index < -0.39 is 0 Å². The van der Waals surface area contributed by atoms with E-state index in [1.54, 1.807) is 0 Å². The summed E-state index contributed by atoms with van der Waals surface area (Å²) in [5, 5.41) is 3.47. The number of pyridine rings is 1. The maximum atomic E-state index is 4.90. The molecule has 3 rings (SSSR count). The lowest BCUT2D eigenvalue weighted by Crippen LogP contribution is -2.48. The van der Waals surface area contributed by atoms with Gasteiger partial charge < -0.3 is 20.0 Å². The van der Waals surface area contributed by atoms with Crippen LogP contribution in [0.2, 0.25) is 0 Å². The summed E-state index contributed by atoms with van der Waals surface area (Å²) in [6, 6.07) is 4.32. The number of aliphatic imine (C=N–C) groups is 1. The first-order valence-electron chi connectivity index (χ1n) is 10.5. The molecule has 28 heavy (non-hydrogen) atoms. The Labute approximate surface area is 187 Å². The van der Waals surface area contributed by atoms with Gasteiger partial charge in [-0.05, 0) is 43.9 Å². The zero-order chi connectivity index (χ0) is 19.2. The number of nitrogens with zero attached hydrogens (tertiary/aromatic N) is 5. The van der Waals surface area contributed by atoms with Crippen LogP contribution in [0.4, 0.5) is 5.82 Å². The van der Waals surface area contributed by atoms with E-state index >= 15 is 0 Å². The average molecular weight is 500 g/mol.